The highest BCUT2D eigenvalue weighted by atomic mass is 16.5. The lowest BCUT2D eigenvalue weighted by Crippen LogP contribution is -2.43. The summed E-state index contributed by atoms with van der Waals surface area (Å²) in [7, 11) is 0. The Morgan fingerprint density at radius 3 is 2.53 bits per heavy atom. The average Bonchev–Trinajstić information content (AvgIpc) is 2.78. The second-order valence-corrected chi connectivity index (χ2v) is 5.05. The predicted octanol–water partition coefficient (Wildman–Crippen LogP) is 1.33. The number of carbonyl (C=O) groups is 1. The number of amides is 1. The zero-order valence-corrected chi connectivity index (χ0v) is 11.2. The number of aliphatic hydroxyl groups excluding tert-OH is 1. The highest BCUT2D eigenvalue weighted by Gasteiger charge is 2.32. The molecular weight excluding hydrogens is 218 g/mol. The summed E-state index contributed by atoms with van der Waals surface area (Å²) in [6, 6.07) is 0. The van der Waals surface area contributed by atoms with Gasteiger partial charge in [0.05, 0.1) is 18.6 Å². The van der Waals surface area contributed by atoms with E-state index in [1.807, 2.05) is 20.8 Å². The van der Waals surface area contributed by atoms with Crippen LogP contribution < -0.4 is 5.32 Å². The van der Waals surface area contributed by atoms with Crippen LogP contribution in [0, 0.1) is 11.3 Å². The summed E-state index contributed by atoms with van der Waals surface area (Å²) in [4.78, 5) is 12.0. The van der Waals surface area contributed by atoms with E-state index in [4.69, 9.17) is 4.74 Å². The van der Waals surface area contributed by atoms with E-state index < -0.39 is 0 Å². The highest BCUT2D eigenvalue weighted by molar-refractivity contribution is 5.79. The summed E-state index contributed by atoms with van der Waals surface area (Å²) in [5.74, 6) is 0.0369. The first kappa shape index (κ1) is 14.5. The Balaban J connectivity index is 2.46. The number of carbonyl (C=O) groups excluding carboxylic acids is 1. The quantitative estimate of drug-likeness (QED) is 0.740. The molecule has 1 amide bonds. The Morgan fingerprint density at radius 2 is 2.12 bits per heavy atom. The van der Waals surface area contributed by atoms with Crippen molar-refractivity contribution < 1.29 is 14.6 Å². The molecule has 100 valence electrons. The van der Waals surface area contributed by atoms with Crippen LogP contribution >= 0.6 is 0 Å². The molecule has 1 aliphatic rings. The molecule has 0 aromatic carbocycles. The van der Waals surface area contributed by atoms with Crippen molar-refractivity contribution in [2.75, 3.05) is 19.8 Å². The van der Waals surface area contributed by atoms with Gasteiger partial charge in [0.25, 0.3) is 0 Å². The summed E-state index contributed by atoms with van der Waals surface area (Å²) < 4.78 is 5.39. The summed E-state index contributed by atoms with van der Waals surface area (Å²) in [5, 5.41) is 12.4. The van der Waals surface area contributed by atoms with Crippen LogP contribution in [-0.2, 0) is 9.53 Å². The molecule has 0 aromatic heterocycles. The van der Waals surface area contributed by atoms with Crippen LogP contribution in [0.1, 0.15) is 40.0 Å². The van der Waals surface area contributed by atoms with Crippen molar-refractivity contribution in [2.24, 2.45) is 11.3 Å². The second kappa shape index (κ2) is 6.36. The molecule has 4 heteroatoms. The molecule has 1 rings (SSSR count). The first-order chi connectivity index (χ1) is 8.08. The van der Waals surface area contributed by atoms with E-state index in [9.17, 15) is 9.90 Å². The molecule has 0 aliphatic carbocycles. The number of nitrogens with one attached hydrogen (secondary N) is 1. The first-order valence-corrected chi connectivity index (χ1v) is 6.58. The Kier molecular flexibility index (Phi) is 5.40. The molecule has 0 spiro atoms. The SMILES string of the molecule is CCC(CC)(CO)CNC(=O)C1CCOC1C. The minimum Gasteiger partial charge on any atom is -0.396 e. The molecule has 0 saturated carbocycles. The number of ether oxygens (including phenoxy) is 1. The number of aliphatic hydroxyl groups is 1. The van der Waals surface area contributed by atoms with Crippen LogP contribution in [0.4, 0.5) is 0 Å². The van der Waals surface area contributed by atoms with Gasteiger partial charge in [-0.3, -0.25) is 4.79 Å². The Hall–Kier alpha value is -0.610. The summed E-state index contributed by atoms with van der Waals surface area (Å²) in [5.41, 5.74) is -0.168. The molecule has 0 bridgehead atoms. The average molecular weight is 243 g/mol. The normalized spacial score (nSPS) is 24.9. The molecule has 17 heavy (non-hydrogen) atoms. The Labute approximate surface area is 104 Å². The van der Waals surface area contributed by atoms with Crippen LogP contribution in [-0.4, -0.2) is 36.9 Å². The maximum atomic E-state index is 12.0. The van der Waals surface area contributed by atoms with Gasteiger partial charge in [0.1, 0.15) is 0 Å². The lowest BCUT2D eigenvalue weighted by Gasteiger charge is -2.30. The van der Waals surface area contributed by atoms with Gasteiger partial charge in [0, 0.05) is 18.6 Å². The van der Waals surface area contributed by atoms with Crippen LogP contribution in [0.5, 0.6) is 0 Å². The van der Waals surface area contributed by atoms with Crippen molar-refractivity contribution in [2.45, 2.75) is 46.1 Å². The fourth-order valence-electron chi connectivity index (χ4n) is 2.26. The van der Waals surface area contributed by atoms with Gasteiger partial charge in [-0.05, 0) is 26.2 Å². The lowest BCUT2D eigenvalue weighted by atomic mass is 9.83. The molecule has 1 aliphatic heterocycles. The van der Waals surface area contributed by atoms with Crippen LogP contribution in [0.25, 0.3) is 0 Å². The summed E-state index contributed by atoms with van der Waals surface area (Å²) in [6.07, 6.45) is 2.56. The van der Waals surface area contributed by atoms with E-state index >= 15 is 0 Å². The fraction of sp³-hybridized carbons (Fsp3) is 0.923. The molecule has 2 atom stereocenters. The van der Waals surface area contributed by atoms with Crippen molar-refractivity contribution >= 4 is 5.91 Å². The minimum absolute atomic E-state index is 0.0155. The monoisotopic (exact) mass is 243 g/mol. The van der Waals surface area contributed by atoms with Crippen molar-refractivity contribution in [1.82, 2.24) is 5.32 Å². The molecule has 2 N–H and O–H groups in total. The van der Waals surface area contributed by atoms with E-state index in [1.165, 1.54) is 0 Å². The minimum atomic E-state index is -0.168. The van der Waals surface area contributed by atoms with Crippen LogP contribution in [0.2, 0.25) is 0 Å². The summed E-state index contributed by atoms with van der Waals surface area (Å²) >= 11 is 0. The van der Waals surface area contributed by atoms with Gasteiger partial charge in [0.15, 0.2) is 0 Å². The van der Waals surface area contributed by atoms with Gasteiger partial charge < -0.3 is 15.2 Å². The standard InChI is InChI=1S/C13H25NO3/c1-4-13(5-2,9-15)8-14-12(16)11-6-7-17-10(11)3/h10-11,15H,4-9H2,1-3H3,(H,14,16). The van der Waals surface area contributed by atoms with Gasteiger partial charge in [-0.2, -0.15) is 0 Å². The zero-order chi connectivity index (χ0) is 12.9. The summed E-state index contributed by atoms with van der Waals surface area (Å²) in [6.45, 7) is 7.39. The number of hydrogen-bond donors (Lipinski definition) is 2. The highest BCUT2D eigenvalue weighted by Crippen LogP contribution is 2.25. The van der Waals surface area contributed by atoms with E-state index in [-0.39, 0.29) is 30.0 Å². The van der Waals surface area contributed by atoms with Crippen LogP contribution in [0.3, 0.4) is 0 Å². The molecule has 2 unspecified atom stereocenters. The van der Waals surface area contributed by atoms with Gasteiger partial charge >= 0.3 is 0 Å². The topological polar surface area (TPSA) is 58.6 Å². The van der Waals surface area contributed by atoms with Gasteiger partial charge in [-0.1, -0.05) is 13.8 Å². The maximum Gasteiger partial charge on any atom is 0.225 e. The molecule has 0 aromatic rings. The largest absolute Gasteiger partial charge is 0.396 e. The lowest BCUT2D eigenvalue weighted by molar-refractivity contribution is -0.127. The van der Waals surface area contributed by atoms with Crippen molar-refractivity contribution in [3.63, 3.8) is 0 Å². The molecule has 1 saturated heterocycles. The van der Waals surface area contributed by atoms with E-state index in [0.29, 0.717) is 13.2 Å². The number of rotatable bonds is 6. The maximum absolute atomic E-state index is 12.0. The van der Waals surface area contributed by atoms with E-state index in [0.717, 1.165) is 19.3 Å². The zero-order valence-electron chi connectivity index (χ0n) is 11.2. The smallest absolute Gasteiger partial charge is 0.225 e. The van der Waals surface area contributed by atoms with E-state index in [1.54, 1.807) is 0 Å². The van der Waals surface area contributed by atoms with Crippen molar-refractivity contribution in [1.29, 1.82) is 0 Å². The third kappa shape index (κ3) is 3.42. The third-order valence-electron chi connectivity index (χ3n) is 4.19. The first-order valence-electron chi connectivity index (χ1n) is 6.58. The molecule has 4 nitrogen and oxygen atoms in total. The van der Waals surface area contributed by atoms with Gasteiger partial charge in [0.2, 0.25) is 5.91 Å². The van der Waals surface area contributed by atoms with E-state index in [2.05, 4.69) is 5.32 Å². The molecule has 1 fully saturated rings. The molecule has 0 radical (unpaired) electrons. The van der Waals surface area contributed by atoms with Crippen molar-refractivity contribution in [3.05, 3.63) is 0 Å². The molecule has 1 heterocycles. The van der Waals surface area contributed by atoms with Crippen molar-refractivity contribution in [3.8, 4) is 0 Å². The fourth-order valence-corrected chi connectivity index (χ4v) is 2.26. The number of hydrogen-bond acceptors (Lipinski definition) is 3. The molecular formula is C13H25NO3. The van der Waals surface area contributed by atoms with Gasteiger partial charge in [-0.25, -0.2) is 0 Å². The Bertz CT molecular complexity index is 243. The third-order valence-corrected chi connectivity index (χ3v) is 4.19. The second-order valence-electron chi connectivity index (χ2n) is 5.05. The van der Waals surface area contributed by atoms with Gasteiger partial charge in [-0.15, -0.1) is 0 Å². The Morgan fingerprint density at radius 1 is 1.47 bits per heavy atom. The predicted molar refractivity (Wildman–Crippen MR) is 66.6 cm³/mol. The van der Waals surface area contributed by atoms with Crippen LogP contribution in [0.15, 0.2) is 0 Å².